The number of benzene rings is 1. The first-order valence-electron chi connectivity index (χ1n) is 4.81. The van der Waals surface area contributed by atoms with E-state index in [2.05, 4.69) is 26.2 Å². The predicted molar refractivity (Wildman–Crippen MR) is 67.3 cm³/mol. The fourth-order valence-corrected chi connectivity index (χ4v) is 2.02. The van der Waals surface area contributed by atoms with Crippen molar-refractivity contribution in [1.82, 2.24) is 4.98 Å². The Bertz CT molecular complexity index is 618. The van der Waals surface area contributed by atoms with E-state index in [-0.39, 0.29) is 17.3 Å². The Balaban J connectivity index is 2.71. The number of amides is 1. The van der Waals surface area contributed by atoms with E-state index in [0.717, 1.165) is 4.47 Å². The third-order valence-electron chi connectivity index (χ3n) is 2.28. The molecule has 1 heterocycles. The number of H-pyrrole nitrogens is 1. The molecule has 88 valence electrons. The van der Waals surface area contributed by atoms with Crippen molar-refractivity contribution in [2.24, 2.45) is 0 Å². The second kappa shape index (κ2) is 4.21. The first-order chi connectivity index (χ1) is 7.99. The van der Waals surface area contributed by atoms with Gasteiger partial charge in [-0.3, -0.25) is 4.79 Å². The molecule has 0 unspecified atom stereocenters. The van der Waals surface area contributed by atoms with Gasteiger partial charge in [-0.2, -0.15) is 0 Å². The molecule has 0 saturated heterocycles. The maximum Gasteiger partial charge on any atom is 0.340 e. The number of rotatable bonds is 2. The van der Waals surface area contributed by atoms with Gasteiger partial charge in [0.05, 0.1) is 0 Å². The van der Waals surface area contributed by atoms with Crippen LogP contribution in [0.15, 0.2) is 22.7 Å². The van der Waals surface area contributed by atoms with E-state index in [1.54, 1.807) is 18.2 Å². The maximum atomic E-state index is 11.2. The highest BCUT2D eigenvalue weighted by molar-refractivity contribution is 9.10. The highest BCUT2D eigenvalue weighted by atomic mass is 79.9. The summed E-state index contributed by atoms with van der Waals surface area (Å²) in [7, 11) is 0. The molecule has 1 amide bonds. The molecule has 5 nitrogen and oxygen atoms in total. The number of carboxylic acid groups (broad SMARTS) is 1. The van der Waals surface area contributed by atoms with Crippen molar-refractivity contribution >= 4 is 44.5 Å². The SMILES string of the molecule is CC(=O)Nc1[nH]c2ccc(Br)cc2c1C(=O)O. The third kappa shape index (κ3) is 2.16. The van der Waals surface area contributed by atoms with Crippen LogP contribution in [0.4, 0.5) is 5.82 Å². The first-order valence-corrected chi connectivity index (χ1v) is 5.60. The Labute approximate surface area is 105 Å². The standard InChI is InChI=1S/C11H9BrN2O3/c1-5(15)13-10-9(11(16)17)7-4-6(12)2-3-8(7)14-10/h2-4,14H,1H3,(H,13,15)(H,16,17). The van der Waals surface area contributed by atoms with Crippen LogP contribution in [-0.4, -0.2) is 22.0 Å². The van der Waals surface area contributed by atoms with E-state index in [1.165, 1.54) is 6.92 Å². The molecule has 0 fully saturated rings. The molecule has 1 aromatic heterocycles. The Morgan fingerprint density at radius 2 is 2.12 bits per heavy atom. The average Bonchev–Trinajstić information content (AvgIpc) is 2.53. The van der Waals surface area contributed by atoms with Gasteiger partial charge in [0.25, 0.3) is 0 Å². The molecular weight excluding hydrogens is 288 g/mol. The number of hydrogen-bond donors (Lipinski definition) is 3. The number of carbonyl (C=O) groups excluding carboxylic acids is 1. The number of aromatic nitrogens is 1. The Morgan fingerprint density at radius 3 is 2.71 bits per heavy atom. The van der Waals surface area contributed by atoms with E-state index >= 15 is 0 Å². The van der Waals surface area contributed by atoms with Crippen LogP contribution in [0.2, 0.25) is 0 Å². The summed E-state index contributed by atoms with van der Waals surface area (Å²) in [6.07, 6.45) is 0. The molecule has 0 bridgehead atoms. The molecule has 0 spiro atoms. The minimum absolute atomic E-state index is 0.0662. The van der Waals surface area contributed by atoms with E-state index in [4.69, 9.17) is 5.11 Å². The van der Waals surface area contributed by atoms with Crippen LogP contribution in [0.1, 0.15) is 17.3 Å². The van der Waals surface area contributed by atoms with Crippen molar-refractivity contribution in [3.8, 4) is 0 Å². The topological polar surface area (TPSA) is 82.2 Å². The molecule has 3 N–H and O–H groups in total. The maximum absolute atomic E-state index is 11.2. The highest BCUT2D eigenvalue weighted by Crippen LogP contribution is 2.28. The minimum atomic E-state index is -1.09. The molecule has 0 radical (unpaired) electrons. The average molecular weight is 297 g/mol. The van der Waals surface area contributed by atoms with E-state index in [1.807, 2.05) is 0 Å². The number of carboxylic acids is 1. The van der Waals surface area contributed by atoms with Crippen molar-refractivity contribution < 1.29 is 14.7 Å². The smallest absolute Gasteiger partial charge is 0.340 e. The first kappa shape index (κ1) is 11.7. The fourth-order valence-electron chi connectivity index (χ4n) is 1.66. The van der Waals surface area contributed by atoms with Crippen molar-refractivity contribution in [3.05, 3.63) is 28.2 Å². The quantitative estimate of drug-likeness (QED) is 0.796. The number of halogens is 1. The number of aromatic carboxylic acids is 1. The van der Waals surface area contributed by atoms with Crippen molar-refractivity contribution in [1.29, 1.82) is 0 Å². The van der Waals surface area contributed by atoms with Gasteiger partial charge in [-0.15, -0.1) is 0 Å². The molecule has 2 aromatic rings. The zero-order valence-corrected chi connectivity index (χ0v) is 10.5. The molecule has 0 aliphatic rings. The molecule has 0 atom stereocenters. The van der Waals surface area contributed by atoms with Gasteiger partial charge in [0, 0.05) is 22.3 Å². The number of hydrogen-bond acceptors (Lipinski definition) is 2. The number of aromatic amines is 1. The van der Waals surface area contributed by atoms with Gasteiger partial charge in [-0.05, 0) is 18.2 Å². The summed E-state index contributed by atoms with van der Waals surface area (Å²) in [6.45, 7) is 1.33. The van der Waals surface area contributed by atoms with E-state index < -0.39 is 5.97 Å². The molecule has 0 aliphatic heterocycles. The van der Waals surface area contributed by atoms with Crippen molar-refractivity contribution in [2.75, 3.05) is 5.32 Å². The predicted octanol–water partition coefficient (Wildman–Crippen LogP) is 2.59. The monoisotopic (exact) mass is 296 g/mol. The molecular formula is C11H9BrN2O3. The molecule has 2 rings (SSSR count). The van der Waals surface area contributed by atoms with Crippen LogP contribution in [0.5, 0.6) is 0 Å². The molecule has 0 aliphatic carbocycles. The van der Waals surface area contributed by atoms with E-state index in [9.17, 15) is 9.59 Å². The minimum Gasteiger partial charge on any atom is -0.478 e. The zero-order chi connectivity index (χ0) is 12.6. The van der Waals surface area contributed by atoms with Crippen LogP contribution in [0, 0.1) is 0 Å². The molecule has 17 heavy (non-hydrogen) atoms. The number of anilines is 1. The normalized spacial score (nSPS) is 10.5. The summed E-state index contributed by atoms with van der Waals surface area (Å²) < 4.78 is 0.779. The van der Waals surface area contributed by atoms with Crippen LogP contribution in [0.3, 0.4) is 0 Å². The summed E-state index contributed by atoms with van der Waals surface area (Å²) in [5.41, 5.74) is 0.728. The fraction of sp³-hybridized carbons (Fsp3) is 0.0909. The molecule has 0 saturated carbocycles. The van der Waals surface area contributed by atoms with Crippen molar-refractivity contribution in [2.45, 2.75) is 6.92 Å². The van der Waals surface area contributed by atoms with Crippen LogP contribution in [0.25, 0.3) is 10.9 Å². The summed E-state index contributed by atoms with van der Waals surface area (Å²) >= 11 is 3.28. The lowest BCUT2D eigenvalue weighted by Gasteiger charge is -1.99. The van der Waals surface area contributed by atoms with Crippen LogP contribution >= 0.6 is 15.9 Å². The van der Waals surface area contributed by atoms with Gasteiger partial charge in [0.1, 0.15) is 11.4 Å². The number of fused-ring (bicyclic) bond motifs is 1. The van der Waals surface area contributed by atoms with E-state index in [0.29, 0.717) is 10.9 Å². The van der Waals surface area contributed by atoms with Gasteiger partial charge in [-0.1, -0.05) is 15.9 Å². The second-order valence-electron chi connectivity index (χ2n) is 3.55. The lowest BCUT2D eigenvalue weighted by molar-refractivity contribution is -0.114. The summed E-state index contributed by atoms with van der Waals surface area (Å²) in [5, 5.41) is 12.2. The molecule has 1 aromatic carbocycles. The third-order valence-corrected chi connectivity index (χ3v) is 2.77. The number of carbonyl (C=O) groups is 2. The lowest BCUT2D eigenvalue weighted by atomic mass is 10.1. The van der Waals surface area contributed by atoms with Gasteiger partial charge in [0.2, 0.25) is 5.91 Å². The number of nitrogens with one attached hydrogen (secondary N) is 2. The summed E-state index contributed by atoms with van der Waals surface area (Å²) in [4.78, 5) is 25.1. The Hall–Kier alpha value is -1.82. The second-order valence-corrected chi connectivity index (χ2v) is 4.47. The molecule has 6 heteroatoms. The Kier molecular flexibility index (Phi) is 2.89. The lowest BCUT2D eigenvalue weighted by Crippen LogP contribution is -2.10. The van der Waals surface area contributed by atoms with Gasteiger partial charge >= 0.3 is 5.97 Å². The zero-order valence-electron chi connectivity index (χ0n) is 8.87. The highest BCUT2D eigenvalue weighted by Gasteiger charge is 2.18. The van der Waals surface area contributed by atoms with Crippen molar-refractivity contribution in [3.63, 3.8) is 0 Å². The van der Waals surface area contributed by atoms with Gasteiger partial charge < -0.3 is 15.4 Å². The van der Waals surface area contributed by atoms with Gasteiger partial charge in [0.15, 0.2) is 0 Å². The van der Waals surface area contributed by atoms with Crippen LogP contribution < -0.4 is 5.32 Å². The summed E-state index contributed by atoms with van der Waals surface area (Å²) in [5.74, 6) is -1.20. The van der Waals surface area contributed by atoms with Crippen LogP contribution in [-0.2, 0) is 4.79 Å². The largest absolute Gasteiger partial charge is 0.478 e. The van der Waals surface area contributed by atoms with Gasteiger partial charge in [-0.25, -0.2) is 4.79 Å². The Morgan fingerprint density at radius 1 is 1.41 bits per heavy atom. The summed E-state index contributed by atoms with van der Waals surface area (Å²) in [6, 6.07) is 5.24.